The van der Waals surface area contributed by atoms with Crippen LogP contribution in [-0.4, -0.2) is 29.9 Å². The summed E-state index contributed by atoms with van der Waals surface area (Å²) in [6, 6.07) is 20.6. The van der Waals surface area contributed by atoms with Gasteiger partial charge in [-0.3, -0.25) is 14.5 Å². The van der Waals surface area contributed by atoms with Crippen LogP contribution < -0.4 is 4.90 Å². The minimum absolute atomic E-state index is 0.0630. The molecule has 7 heteroatoms. The van der Waals surface area contributed by atoms with E-state index in [1.807, 2.05) is 6.07 Å². The lowest BCUT2D eigenvalue weighted by atomic mass is 9.95. The van der Waals surface area contributed by atoms with E-state index >= 15 is 0 Å². The van der Waals surface area contributed by atoms with Crippen LogP contribution in [0.25, 0.3) is 5.76 Å². The number of methoxy groups -OCH3 is 1. The highest BCUT2D eigenvalue weighted by Crippen LogP contribution is 2.42. The fourth-order valence-corrected chi connectivity index (χ4v) is 3.93. The van der Waals surface area contributed by atoms with E-state index in [4.69, 9.17) is 16.3 Å². The summed E-state index contributed by atoms with van der Waals surface area (Å²) in [7, 11) is 1.26. The first kappa shape index (κ1) is 21.3. The van der Waals surface area contributed by atoms with Crippen LogP contribution in [0.2, 0.25) is 5.02 Å². The number of ether oxygens (including phenoxy) is 1. The van der Waals surface area contributed by atoms with Crippen molar-refractivity contribution < 1.29 is 24.2 Å². The van der Waals surface area contributed by atoms with Crippen molar-refractivity contribution in [1.29, 1.82) is 0 Å². The molecule has 4 rings (SSSR count). The Balaban J connectivity index is 1.93. The lowest BCUT2D eigenvalue weighted by Gasteiger charge is -2.25. The molecular formula is C25H18ClNO5. The summed E-state index contributed by atoms with van der Waals surface area (Å²) in [5.41, 5.74) is 1.44. The number of halogens is 1. The predicted molar refractivity (Wildman–Crippen MR) is 120 cm³/mol. The van der Waals surface area contributed by atoms with Crippen molar-refractivity contribution in [2.75, 3.05) is 12.0 Å². The summed E-state index contributed by atoms with van der Waals surface area (Å²) in [5, 5.41) is 11.4. The largest absolute Gasteiger partial charge is 0.507 e. The average Bonchev–Trinajstić information content (AvgIpc) is 3.09. The number of Topliss-reactive ketones (excluding diaryl/α,β-unsaturated/α-hetero) is 1. The Labute approximate surface area is 189 Å². The van der Waals surface area contributed by atoms with Gasteiger partial charge in [0.15, 0.2) is 0 Å². The number of rotatable bonds is 4. The number of benzene rings is 3. The van der Waals surface area contributed by atoms with Crippen LogP contribution in [0, 0.1) is 0 Å². The number of carbonyl (C=O) groups excluding carboxylic acids is 3. The van der Waals surface area contributed by atoms with Crippen molar-refractivity contribution in [2.24, 2.45) is 0 Å². The van der Waals surface area contributed by atoms with E-state index in [1.54, 1.807) is 60.7 Å². The molecule has 1 aliphatic heterocycles. The third kappa shape index (κ3) is 3.76. The number of esters is 1. The maximum absolute atomic E-state index is 13.1. The van der Waals surface area contributed by atoms with E-state index in [1.165, 1.54) is 24.1 Å². The fourth-order valence-electron chi connectivity index (χ4n) is 3.74. The quantitative estimate of drug-likeness (QED) is 0.270. The van der Waals surface area contributed by atoms with Crippen molar-refractivity contribution in [1.82, 2.24) is 0 Å². The van der Waals surface area contributed by atoms with Crippen molar-refractivity contribution in [2.45, 2.75) is 6.04 Å². The van der Waals surface area contributed by atoms with E-state index in [2.05, 4.69) is 0 Å². The number of hydrogen-bond acceptors (Lipinski definition) is 5. The lowest BCUT2D eigenvalue weighted by Crippen LogP contribution is -2.29. The van der Waals surface area contributed by atoms with E-state index < -0.39 is 23.7 Å². The van der Waals surface area contributed by atoms with Crippen molar-refractivity contribution in [3.63, 3.8) is 0 Å². The molecule has 1 amide bonds. The van der Waals surface area contributed by atoms with Crippen LogP contribution >= 0.6 is 11.6 Å². The third-order valence-electron chi connectivity index (χ3n) is 5.20. The monoisotopic (exact) mass is 447 g/mol. The van der Waals surface area contributed by atoms with Gasteiger partial charge in [-0.1, -0.05) is 60.1 Å². The zero-order valence-corrected chi connectivity index (χ0v) is 17.7. The molecule has 0 radical (unpaired) electrons. The van der Waals surface area contributed by atoms with Gasteiger partial charge in [-0.05, 0) is 35.9 Å². The van der Waals surface area contributed by atoms with Gasteiger partial charge >= 0.3 is 5.97 Å². The second kappa shape index (κ2) is 8.69. The molecule has 1 saturated heterocycles. The Kier molecular flexibility index (Phi) is 5.79. The van der Waals surface area contributed by atoms with Crippen LogP contribution in [0.4, 0.5) is 5.69 Å². The van der Waals surface area contributed by atoms with Crippen LogP contribution in [0.1, 0.15) is 27.5 Å². The molecule has 1 heterocycles. The number of ketones is 1. The Morgan fingerprint density at radius 2 is 1.62 bits per heavy atom. The molecule has 1 aliphatic rings. The van der Waals surface area contributed by atoms with Gasteiger partial charge in [-0.15, -0.1) is 0 Å². The summed E-state index contributed by atoms with van der Waals surface area (Å²) in [6.45, 7) is 0. The van der Waals surface area contributed by atoms with Gasteiger partial charge in [-0.2, -0.15) is 0 Å². The Morgan fingerprint density at radius 1 is 0.938 bits per heavy atom. The topological polar surface area (TPSA) is 83.9 Å². The number of hydrogen-bond donors (Lipinski definition) is 1. The molecular weight excluding hydrogens is 430 g/mol. The van der Waals surface area contributed by atoms with Gasteiger partial charge in [0.1, 0.15) is 5.76 Å². The van der Waals surface area contributed by atoms with Gasteiger partial charge in [0, 0.05) is 16.3 Å². The molecule has 3 aromatic rings. The molecule has 6 nitrogen and oxygen atoms in total. The van der Waals surface area contributed by atoms with Gasteiger partial charge < -0.3 is 9.84 Å². The number of aliphatic hydroxyl groups excluding tert-OH is 1. The standard InChI is InChI=1S/C25H18ClNO5/c1-32-25(31)17-10-6-12-19(14-17)27-21(15-7-3-2-4-8-15)20(23(29)24(27)30)22(28)16-9-5-11-18(26)13-16/h2-14,21,28H,1H3/b22-20+. The SMILES string of the molecule is COC(=O)c1cccc(N2C(=O)C(=O)/C(=C(/O)c3cccc(Cl)c3)C2c2ccccc2)c1. The normalized spacial score (nSPS) is 17.4. The zero-order chi connectivity index (χ0) is 22.8. The molecule has 0 aromatic heterocycles. The van der Waals surface area contributed by atoms with Crippen molar-refractivity contribution in [3.8, 4) is 0 Å². The van der Waals surface area contributed by atoms with E-state index in [0.29, 0.717) is 21.8 Å². The first-order chi connectivity index (χ1) is 15.4. The number of carbonyl (C=O) groups is 3. The summed E-state index contributed by atoms with van der Waals surface area (Å²) in [4.78, 5) is 39.5. The Bertz CT molecular complexity index is 1250. The van der Waals surface area contributed by atoms with Gasteiger partial charge in [0.05, 0.1) is 24.3 Å². The summed E-state index contributed by atoms with van der Waals surface area (Å²) in [6.07, 6.45) is 0. The van der Waals surface area contributed by atoms with Crippen LogP contribution in [0.5, 0.6) is 0 Å². The minimum atomic E-state index is -0.900. The van der Waals surface area contributed by atoms with Gasteiger partial charge in [0.25, 0.3) is 11.7 Å². The van der Waals surface area contributed by atoms with Crippen LogP contribution in [0.3, 0.4) is 0 Å². The summed E-state index contributed by atoms with van der Waals surface area (Å²) >= 11 is 6.06. The summed E-state index contributed by atoms with van der Waals surface area (Å²) in [5.74, 6) is -2.55. The second-order valence-electron chi connectivity index (χ2n) is 7.13. The highest BCUT2D eigenvalue weighted by Gasteiger charge is 2.47. The molecule has 0 spiro atoms. The van der Waals surface area contributed by atoms with Crippen LogP contribution in [-0.2, 0) is 14.3 Å². The Morgan fingerprint density at radius 3 is 2.31 bits per heavy atom. The summed E-state index contributed by atoms with van der Waals surface area (Å²) < 4.78 is 4.77. The molecule has 0 saturated carbocycles. The third-order valence-corrected chi connectivity index (χ3v) is 5.44. The maximum Gasteiger partial charge on any atom is 0.337 e. The maximum atomic E-state index is 13.1. The van der Waals surface area contributed by atoms with Gasteiger partial charge in [0.2, 0.25) is 0 Å². The first-order valence-electron chi connectivity index (χ1n) is 9.72. The number of amides is 1. The molecule has 3 aromatic carbocycles. The molecule has 1 fully saturated rings. The molecule has 1 unspecified atom stereocenters. The van der Waals surface area contributed by atoms with Crippen molar-refractivity contribution in [3.05, 3.63) is 106 Å². The second-order valence-corrected chi connectivity index (χ2v) is 7.57. The van der Waals surface area contributed by atoms with Crippen molar-refractivity contribution >= 4 is 40.7 Å². The molecule has 0 aliphatic carbocycles. The highest BCUT2D eigenvalue weighted by molar-refractivity contribution is 6.51. The first-order valence-corrected chi connectivity index (χ1v) is 10.1. The molecule has 160 valence electrons. The predicted octanol–water partition coefficient (Wildman–Crippen LogP) is 4.75. The minimum Gasteiger partial charge on any atom is -0.507 e. The zero-order valence-electron chi connectivity index (χ0n) is 17.0. The van der Waals surface area contributed by atoms with E-state index in [9.17, 15) is 19.5 Å². The molecule has 32 heavy (non-hydrogen) atoms. The molecule has 1 atom stereocenters. The van der Waals surface area contributed by atoms with E-state index in [0.717, 1.165) is 0 Å². The fraction of sp³-hybridized carbons (Fsp3) is 0.0800. The molecule has 0 bridgehead atoms. The number of anilines is 1. The van der Waals surface area contributed by atoms with Gasteiger partial charge in [-0.25, -0.2) is 4.79 Å². The lowest BCUT2D eigenvalue weighted by molar-refractivity contribution is -0.132. The smallest absolute Gasteiger partial charge is 0.337 e. The van der Waals surface area contributed by atoms with Crippen LogP contribution in [0.15, 0.2) is 84.4 Å². The number of nitrogens with zero attached hydrogens (tertiary/aromatic N) is 1. The molecule has 1 N–H and O–H groups in total. The highest BCUT2D eigenvalue weighted by atomic mass is 35.5. The average molecular weight is 448 g/mol. The van der Waals surface area contributed by atoms with E-state index in [-0.39, 0.29) is 16.9 Å². The Hall–Kier alpha value is -3.90. The number of aliphatic hydroxyl groups is 1.